The van der Waals surface area contributed by atoms with Crippen LogP contribution in [0.2, 0.25) is 0 Å². The molecule has 0 radical (unpaired) electrons. The van der Waals surface area contributed by atoms with Crippen molar-refractivity contribution in [1.82, 2.24) is 5.32 Å². The molecule has 0 aliphatic heterocycles. The summed E-state index contributed by atoms with van der Waals surface area (Å²) in [5.74, 6) is 1.40. The Balaban J connectivity index is 2.39. The summed E-state index contributed by atoms with van der Waals surface area (Å²) in [4.78, 5) is 12.0. The van der Waals surface area contributed by atoms with Crippen LogP contribution in [0.4, 0.5) is 0 Å². The summed E-state index contributed by atoms with van der Waals surface area (Å²) >= 11 is 0. The number of nitrogens with one attached hydrogen (secondary N) is 1. The third kappa shape index (κ3) is 3.78. The quantitative estimate of drug-likeness (QED) is 0.769. The first-order valence-electron chi connectivity index (χ1n) is 6.57. The maximum atomic E-state index is 12.0. The van der Waals surface area contributed by atoms with E-state index in [4.69, 9.17) is 5.73 Å². The van der Waals surface area contributed by atoms with Crippen LogP contribution in [0.3, 0.4) is 0 Å². The van der Waals surface area contributed by atoms with Gasteiger partial charge in [-0.25, -0.2) is 0 Å². The van der Waals surface area contributed by atoms with Crippen LogP contribution < -0.4 is 11.1 Å². The van der Waals surface area contributed by atoms with Gasteiger partial charge in [0.1, 0.15) is 0 Å². The first-order valence-corrected chi connectivity index (χ1v) is 6.57. The van der Waals surface area contributed by atoms with Crippen molar-refractivity contribution in [2.24, 2.45) is 23.5 Å². The van der Waals surface area contributed by atoms with E-state index < -0.39 is 0 Å². The Morgan fingerprint density at radius 1 is 1.50 bits per heavy atom. The highest BCUT2D eigenvalue weighted by molar-refractivity contribution is 5.79. The highest BCUT2D eigenvalue weighted by atomic mass is 16.1. The molecule has 0 spiro atoms. The number of nitrogens with two attached hydrogens (primary N) is 1. The fourth-order valence-corrected chi connectivity index (χ4v) is 2.26. The minimum Gasteiger partial charge on any atom is -0.356 e. The topological polar surface area (TPSA) is 55.1 Å². The zero-order chi connectivity index (χ0) is 12.1. The van der Waals surface area contributed by atoms with Gasteiger partial charge in [0, 0.05) is 12.6 Å². The van der Waals surface area contributed by atoms with Gasteiger partial charge in [-0.15, -0.1) is 0 Å². The van der Waals surface area contributed by atoms with Crippen LogP contribution >= 0.6 is 0 Å². The van der Waals surface area contributed by atoms with Crippen molar-refractivity contribution in [2.45, 2.75) is 52.5 Å². The normalized spacial score (nSPS) is 32.1. The molecule has 3 heteroatoms. The van der Waals surface area contributed by atoms with Gasteiger partial charge in [0.25, 0.3) is 0 Å². The van der Waals surface area contributed by atoms with E-state index in [0.29, 0.717) is 11.8 Å². The third-order valence-electron chi connectivity index (χ3n) is 3.82. The summed E-state index contributed by atoms with van der Waals surface area (Å²) < 4.78 is 0. The number of hydrogen-bond acceptors (Lipinski definition) is 2. The fraction of sp³-hybridized carbons (Fsp3) is 0.923. The molecular formula is C13H26N2O. The smallest absolute Gasteiger partial charge is 0.224 e. The van der Waals surface area contributed by atoms with Crippen molar-refractivity contribution in [1.29, 1.82) is 0 Å². The van der Waals surface area contributed by atoms with Crippen molar-refractivity contribution in [3.05, 3.63) is 0 Å². The van der Waals surface area contributed by atoms with E-state index in [0.717, 1.165) is 32.2 Å². The van der Waals surface area contributed by atoms with Crippen LogP contribution in [0.25, 0.3) is 0 Å². The molecule has 1 amide bonds. The molecule has 16 heavy (non-hydrogen) atoms. The molecule has 1 rings (SSSR count). The van der Waals surface area contributed by atoms with E-state index in [1.807, 2.05) is 0 Å². The fourth-order valence-electron chi connectivity index (χ4n) is 2.26. The lowest BCUT2D eigenvalue weighted by atomic mass is 9.78. The van der Waals surface area contributed by atoms with Crippen LogP contribution in [0.5, 0.6) is 0 Å². The maximum absolute atomic E-state index is 12.0. The van der Waals surface area contributed by atoms with E-state index in [1.165, 1.54) is 0 Å². The van der Waals surface area contributed by atoms with E-state index in [9.17, 15) is 4.79 Å². The van der Waals surface area contributed by atoms with Gasteiger partial charge < -0.3 is 11.1 Å². The lowest BCUT2D eigenvalue weighted by molar-refractivity contribution is -0.127. The van der Waals surface area contributed by atoms with Crippen LogP contribution in [-0.2, 0) is 4.79 Å². The molecule has 1 aliphatic rings. The van der Waals surface area contributed by atoms with Crippen LogP contribution in [-0.4, -0.2) is 18.5 Å². The van der Waals surface area contributed by atoms with Gasteiger partial charge in [0.2, 0.25) is 5.91 Å². The molecule has 0 aromatic carbocycles. The van der Waals surface area contributed by atoms with E-state index in [1.54, 1.807) is 0 Å². The highest BCUT2D eigenvalue weighted by Gasteiger charge is 2.31. The first-order chi connectivity index (χ1) is 7.54. The second-order valence-electron chi connectivity index (χ2n) is 5.45. The zero-order valence-electron chi connectivity index (χ0n) is 10.8. The molecule has 3 N–H and O–H groups in total. The monoisotopic (exact) mass is 226 g/mol. The minimum atomic E-state index is 0.0350. The van der Waals surface area contributed by atoms with Gasteiger partial charge in [-0.2, -0.15) is 0 Å². The second kappa shape index (κ2) is 6.24. The van der Waals surface area contributed by atoms with E-state index in [-0.39, 0.29) is 17.9 Å². The van der Waals surface area contributed by atoms with Crippen molar-refractivity contribution in [3.8, 4) is 0 Å². The number of hydrogen-bond donors (Lipinski definition) is 2. The Morgan fingerprint density at radius 3 is 2.81 bits per heavy atom. The second-order valence-corrected chi connectivity index (χ2v) is 5.45. The van der Waals surface area contributed by atoms with Gasteiger partial charge in [0.05, 0.1) is 5.92 Å². The molecule has 1 saturated carbocycles. The molecule has 1 aliphatic carbocycles. The van der Waals surface area contributed by atoms with Crippen molar-refractivity contribution < 1.29 is 4.79 Å². The Labute approximate surface area is 99.2 Å². The number of amides is 1. The molecule has 0 saturated heterocycles. The van der Waals surface area contributed by atoms with Crippen molar-refractivity contribution in [3.63, 3.8) is 0 Å². The number of carbonyl (C=O) groups is 1. The van der Waals surface area contributed by atoms with Crippen molar-refractivity contribution in [2.75, 3.05) is 6.54 Å². The summed E-state index contributed by atoms with van der Waals surface area (Å²) in [6.45, 7) is 7.29. The van der Waals surface area contributed by atoms with Crippen LogP contribution in [0.1, 0.15) is 46.5 Å². The van der Waals surface area contributed by atoms with Crippen LogP contribution in [0, 0.1) is 17.8 Å². The molecule has 4 atom stereocenters. The van der Waals surface area contributed by atoms with Gasteiger partial charge in [-0.1, -0.05) is 27.2 Å². The molecule has 0 aromatic rings. The number of carbonyl (C=O) groups excluding carboxylic acids is 1. The van der Waals surface area contributed by atoms with E-state index in [2.05, 4.69) is 26.1 Å². The van der Waals surface area contributed by atoms with Crippen molar-refractivity contribution >= 4 is 5.91 Å². The minimum absolute atomic E-state index is 0.0350. The first kappa shape index (κ1) is 13.5. The SMILES string of the molecule is CCC(C)CNC(=O)C1CC(C)CCC1N. The third-order valence-corrected chi connectivity index (χ3v) is 3.82. The molecule has 94 valence electrons. The Bertz CT molecular complexity index is 230. The summed E-state index contributed by atoms with van der Waals surface area (Å²) in [6, 6.07) is 0.0631. The molecule has 0 bridgehead atoms. The molecule has 0 aromatic heterocycles. The predicted molar refractivity (Wildman–Crippen MR) is 66.9 cm³/mol. The molecule has 4 unspecified atom stereocenters. The predicted octanol–water partition coefficient (Wildman–Crippen LogP) is 1.91. The average Bonchev–Trinajstić information content (AvgIpc) is 2.28. The van der Waals surface area contributed by atoms with Gasteiger partial charge in [-0.05, 0) is 31.1 Å². The largest absolute Gasteiger partial charge is 0.356 e. The van der Waals surface area contributed by atoms with Gasteiger partial charge >= 0.3 is 0 Å². The Morgan fingerprint density at radius 2 is 2.19 bits per heavy atom. The maximum Gasteiger partial charge on any atom is 0.224 e. The molecule has 0 heterocycles. The average molecular weight is 226 g/mol. The molecule has 3 nitrogen and oxygen atoms in total. The molecular weight excluding hydrogens is 200 g/mol. The zero-order valence-corrected chi connectivity index (χ0v) is 10.8. The summed E-state index contributed by atoms with van der Waals surface area (Å²) in [6.07, 6.45) is 4.21. The van der Waals surface area contributed by atoms with Gasteiger partial charge in [-0.3, -0.25) is 4.79 Å². The van der Waals surface area contributed by atoms with Gasteiger partial charge in [0.15, 0.2) is 0 Å². The van der Waals surface area contributed by atoms with E-state index >= 15 is 0 Å². The Kier molecular flexibility index (Phi) is 5.26. The van der Waals surface area contributed by atoms with Crippen LogP contribution in [0.15, 0.2) is 0 Å². The lowest BCUT2D eigenvalue weighted by Gasteiger charge is -2.31. The summed E-state index contributed by atoms with van der Waals surface area (Å²) in [5.41, 5.74) is 6.02. The summed E-state index contributed by atoms with van der Waals surface area (Å²) in [5, 5.41) is 3.04. The standard InChI is InChI=1S/C13H26N2O/c1-4-9(2)8-15-13(16)11-7-10(3)5-6-12(11)14/h9-12H,4-8,14H2,1-3H3,(H,15,16). The Hall–Kier alpha value is -0.570. The molecule has 1 fully saturated rings. The summed E-state index contributed by atoms with van der Waals surface area (Å²) in [7, 11) is 0. The highest BCUT2D eigenvalue weighted by Crippen LogP contribution is 2.27. The number of rotatable bonds is 4. The lowest BCUT2D eigenvalue weighted by Crippen LogP contribution is -2.46.